The van der Waals surface area contributed by atoms with Crippen LogP contribution in [0.3, 0.4) is 0 Å². The Morgan fingerprint density at radius 3 is 2.33 bits per heavy atom. The van der Waals surface area contributed by atoms with Crippen LogP contribution < -0.4 is 9.62 Å². The Kier molecular flexibility index (Phi) is 5.13. The Morgan fingerprint density at radius 1 is 1.33 bits per heavy atom. The van der Waals surface area contributed by atoms with Crippen LogP contribution >= 0.6 is 0 Å². The molecule has 1 aromatic rings. The van der Waals surface area contributed by atoms with Crippen molar-refractivity contribution in [1.29, 1.82) is 0 Å². The molecule has 0 amide bonds. The number of nitrogens with one attached hydrogen (secondary N) is 1. The van der Waals surface area contributed by atoms with Gasteiger partial charge in [-0.25, -0.2) is 13.1 Å². The van der Waals surface area contributed by atoms with Crippen molar-refractivity contribution in [3.63, 3.8) is 0 Å². The summed E-state index contributed by atoms with van der Waals surface area (Å²) >= 11 is 0. The summed E-state index contributed by atoms with van der Waals surface area (Å²) in [6.07, 6.45) is -0.430. The maximum absolute atomic E-state index is 11.7. The van der Waals surface area contributed by atoms with Gasteiger partial charge in [-0.1, -0.05) is 6.92 Å². The summed E-state index contributed by atoms with van der Waals surface area (Å²) in [5, 5.41) is 9.29. The first kappa shape index (κ1) is 14.9. The summed E-state index contributed by atoms with van der Waals surface area (Å²) in [6.45, 7) is 4.31. The quantitative estimate of drug-likeness (QED) is 0.804. The average Bonchev–Trinajstić information content (AvgIpc) is 2.28. The van der Waals surface area contributed by atoms with Crippen molar-refractivity contribution < 1.29 is 13.5 Å². The van der Waals surface area contributed by atoms with Crippen molar-refractivity contribution >= 4 is 15.7 Å². The molecule has 1 rings (SSSR count). The molecule has 1 unspecified atom stereocenters. The highest BCUT2D eigenvalue weighted by Crippen LogP contribution is 2.17. The van der Waals surface area contributed by atoms with Crippen LogP contribution in [0.15, 0.2) is 29.2 Å². The van der Waals surface area contributed by atoms with E-state index < -0.39 is 16.1 Å². The highest BCUT2D eigenvalue weighted by molar-refractivity contribution is 7.89. The zero-order valence-electron chi connectivity index (χ0n) is 10.9. The van der Waals surface area contributed by atoms with Crippen molar-refractivity contribution in [3.05, 3.63) is 24.3 Å². The van der Waals surface area contributed by atoms with Gasteiger partial charge in [0.15, 0.2) is 0 Å². The first-order valence-corrected chi connectivity index (χ1v) is 7.34. The van der Waals surface area contributed by atoms with E-state index in [1.165, 1.54) is 0 Å². The molecule has 18 heavy (non-hydrogen) atoms. The Labute approximate surface area is 108 Å². The minimum Gasteiger partial charge on any atom is -0.392 e. The van der Waals surface area contributed by atoms with E-state index in [-0.39, 0.29) is 4.90 Å². The monoisotopic (exact) mass is 272 g/mol. The fourth-order valence-corrected chi connectivity index (χ4v) is 2.70. The number of benzene rings is 1. The van der Waals surface area contributed by atoms with Gasteiger partial charge in [0.05, 0.1) is 11.0 Å². The second-order valence-corrected chi connectivity index (χ2v) is 5.99. The molecule has 1 aromatic carbocycles. The van der Waals surface area contributed by atoms with Gasteiger partial charge in [0.1, 0.15) is 0 Å². The van der Waals surface area contributed by atoms with Gasteiger partial charge in [0.2, 0.25) is 10.0 Å². The van der Waals surface area contributed by atoms with Gasteiger partial charge in [-0.2, -0.15) is 0 Å². The highest BCUT2D eigenvalue weighted by Gasteiger charge is 2.12. The predicted molar refractivity (Wildman–Crippen MR) is 72.3 cm³/mol. The molecule has 0 radical (unpaired) electrons. The maximum atomic E-state index is 11.7. The van der Waals surface area contributed by atoms with Crippen molar-refractivity contribution in [1.82, 2.24) is 4.72 Å². The smallest absolute Gasteiger partial charge is 0.240 e. The van der Waals surface area contributed by atoms with Crippen molar-refractivity contribution in [2.75, 3.05) is 25.0 Å². The molecule has 0 spiro atoms. The van der Waals surface area contributed by atoms with E-state index in [9.17, 15) is 13.5 Å². The fraction of sp³-hybridized carbons (Fsp3) is 0.500. The van der Waals surface area contributed by atoms with Crippen molar-refractivity contribution in [2.24, 2.45) is 0 Å². The molecular weight excluding hydrogens is 252 g/mol. The first-order chi connectivity index (χ1) is 8.36. The SMILES string of the molecule is CCNS(=O)(=O)c1ccc(N(C)CC(C)O)cc1. The second-order valence-electron chi connectivity index (χ2n) is 4.22. The maximum Gasteiger partial charge on any atom is 0.240 e. The number of likely N-dealkylation sites (N-methyl/N-ethyl adjacent to an activating group) is 1. The Hall–Kier alpha value is -1.11. The zero-order valence-corrected chi connectivity index (χ0v) is 11.7. The van der Waals surface area contributed by atoms with Crippen LogP contribution in [0.25, 0.3) is 0 Å². The summed E-state index contributed by atoms with van der Waals surface area (Å²) in [4.78, 5) is 2.12. The van der Waals surface area contributed by atoms with Gasteiger partial charge < -0.3 is 10.0 Å². The Bertz CT molecular complexity index is 469. The van der Waals surface area contributed by atoms with E-state index in [1.54, 1.807) is 38.1 Å². The third-order valence-electron chi connectivity index (χ3n) is 2.46. The molecule has 102 valence electrons. The standard InChI is InChI=1S/C12H20N2O3S/c1-4-13-18(16,17)12-7-5-11(6-8-12)14(3)9-10(2)15/h5-8,10,13,15H,4,9H2,1-3H3. The fourth-order valence-electron chi connectivity index (χ4n) is 1.65. The summed E-state index contributed by atoms with van der Waals surface area (Å²) in [5.74, 6) is 0. The van der Waals surface area contributed by atoms with Gasteiger partial charge >= 0.3 is 0 Å². The van der Waals surface area contributed by atoms with Gasteiger partial charge in [-0.3, -0.25) is 0 Å². The van der Waals surface area contributed by atoms with Gasteiger partial charge in [-0.05, 0) is 31.2 Å². The van der Waals surface area contributed by atoms with Gasteiger partial charge in [0.25, 0.3) is 0 Å². The molecule has 5 nitrogen and oxygen atoms in total. The van der Waals surface area contributed by atoms with Crippen molar-refractivity contribution in [2.45, 2.75) is 24.8 Å². The lowest BCUT2D eigenvalue weighted by Crippen LogP contribution is -2.27. The number of anilines is 1. The first-order valence-electron chi connectivity index (χ1n) is 5.85. The molecule has 0 bridgehead atoms. The summed E-state index contributed by atoms with van der Waals surface area (Å²) in [7, 11) is -1.55. The number of aliphatic hydroxyl groups excluding tert-OH is 1. The lowest BCUT2D eigenvalue weighted by molar-refractivity contribution is 0.201. The third-order valence-corrected chi connectivity index (χ3v) is 4.02. The van der Waals surface area contributed by atoms with E-state index in [2.05, 4.69) is 4.72 Å². The number of hydrogen-bond acceptors (Lipinski definition) is 4. The second kappa shape index (κ2) is 6.17. The van der Waals surface area contributed by atoms with Crippen LogP contribution in [0.2, 0.25) is 0 Å². The molecule has 0 heterocycles. The number of sulfonamides is 1. The summed E-state index contributed by atoms with van der Waals surface area (Å²) in [5.41, 5.74) is 0.867. The molecule has 0 aliphatic rings. The molecule has 0 aromatic heterocycles. The molecule has 0 saturated heterocycles. The predicted octanol–water partition coefficient (Wildman–Crippen LogP) is 0.802. The average molecular weight is 272 g/mol. The van der Waals surface area contributed by atoms with Crippen molar-refractivity contribution in [3.8, 4) is 0 Å². The van der Waals surface area contributed by atoms with E-state index in [0.717, 1.165) is 5.69 Å². The minimum absolute atomic E-state index is 0.249. The highest BCUT2D eigenvalue weighted by atomic mass is 32.2. The van der Waals surface area contributed by atoms with Crippen LogP contribution in [-0.4, -0.2) is 39.8 Å². The molecule has 0 aliphatic carbocycles. The third kappa shape index (κ3) is 3.97. The van der Waals surface area contributed by atoms with Crippen LogP contribution in [0.5, 0.6) is 0 Å². The number of hydrogen-bond donors (Lipinski definition) is 2. The largest absolute Gasteiger partial charge is 0.392 e. The van der Waals surface area contributed by atoms with E-state index in [4.69, 9.17) is 0 Å². The number of aliphatic hydroxyl groups is 1. The topological polar surface area (TPSA) is 69.6 Å². The lowest BCUT2D eigenvalue weighted by Gasteiger charge is -2.21. The Balaban J connectivity index is 2.86. The molecule has 0 aliphatic heterocycles. The van der Waals surface area contributed by atoms with E-state index in [0.29, 0.717) is 13.1 Å². The molecule has 0 saturated carbocycles. The molecule has 1 atom stereocenters. The molecule has 6 heteroatoms. The summed E-state index contributed by atoms with van der Waals surface area (Å²) < 4.78 is 25.9. The van der Waals surface area contributed by atoms with Crippen LogP contribution in [-0.2, 0) is 10.0 Å². The van der Waals surface area contributed by atoms with Gasteiger partial charge in [0, 0.05) is 25.8 Å². The zero-order chi connectivity index (χ0) is 13.8. The Morgan fingerprint density at radius 2 is 1.89 bits per heavy atom. The van der Waals surface area contributed by atoms with E-state index in [1.807, 2.05) is 11.9 Å². The normalized spacial score (nSPS) is 13.3. The summed E-state index contributed by atoms with van der Waals surface area (Å²) in [6, 6.07) is 6.58. The molecule has 0 fully saturated rings. The number of nitrogens with zero attached hydrogens (tertiary/aromatic N) is 1. The number of rotatable bonds is 6. The van der Waals surface area contributed by atoms with Crippen LogP contribution in [0.1, 0.15) is 13.8 Å². The molecular formula is C12H20N2O3S. The van der Waals surface area contributed by atoms with E-state index >= 15 is 0 Å². The van der Waals surface area contributed by atoms with Crippen LogP contribution in [0, 0.1) is 0 Å². The molecule has 2 N–H and O–H groups in total. The van der Waals surface area contributed by atoms with Gasteiger partial charge in [-0.15, -0.1) is 0 Å². The van der Waals surface area contributed by atoms with Crippen LogP contribution in [0.4, 0.5) is 5.69 Å². The lowest BCUT2D eigenvalue weighted by atomic mass is 10.3. The minimum atomic E-state index is -3.39.